The molecule has 6 heteroatoms. The van der Waals surface area contributed by atoms with Crippen LogP contribution in [0.2, 0.25) is 0 Å². The molecule has 0 aliphatic rings. The molecule has 0 spiro atoms. The molecular weight excluding hydrogens is 382 g/mol. The number of rotatable bonds is 6. The van der Waals surface area contributed by atoms with Crippen molar-refractivity contribution in [1.29, 1.82) is 0 Å². The van der Waals surface area contributed by atoms with Gasteiger partial charge in [-0.15, -0.1) is 11.8 Å². The molecule has 0 aliphatic carbocycles. The van der Waals surface area contributed by atoms with Gasteiger partial charge in [-0.25, -0.2) is 4.79 Å². The van der Waals surface area contributed by atoms with Gasteiger partial charge in [0.25, 0.3) is 0 Å². The van der Waals surface area contributed by atoms with Crippen LogP contribution in [0.25, 0.3) is 21.8 Å². The predicted octanol–water partition coefficient (Wildman–Crippen LogP) is 4.73. The van der Waals surface area contributed by atoms with Crippen molar-refractivity contribution in [2.24, 2.45) is 0 Å². The van der Waals surface area contributed by atoms with Gasteiger partial charge in [0.05, 0.1) is 16.8 Å². The number of amides is 1. The molecule has 4 rings (SSSR count). The Balaban J connectivity index is 1.52. The third-order valence-corrected chi connectivity index (χ3v) is 6.12. The Morgan fingerprint density at radius 1 is 0.931 bits per heavy atom. The van der Waals surface area contributed by atoms with Gasteiger partial charge in [0.15, 0.2) is 0 Å². The monoisotopic (exact) mass is 405 g/mol. The number of anilines is 1. The van der Waals surface area contributed by atoms with Gasteiger partial charge in [-0.3, -0.25) is 13.9 Å². The fourth-order valence-corrected chi connectivity index (χ4v) is 4.55. The molecular formula is C23H23N3O2S. The first-order valence-corrected chi connectivity index (χ1v) is 10.7. The maximum absolute atomic E-state index is 12.5. The highest BCUT2D eigenvalue weighted by Gasteiger charge is 2.13. The van der Waals surface area contributed by atoms with Gasteiger partial charge in [-0.1, -0.05) is 36.4 Å². The summed E-state index contributed by atoms with van der Waals surface area (Å²) >= 11 is 1.53. The number of carbonyl (C=O) groups is 1. The van der Waals surface area contributed by atoms with Gasteiger partial charge in [0.1, 0.15) is 0 Å². The Hall–Kier alpha value is -2.99. The number of hydrogen-bond donors (Lipinski definition) is 1. The third kappa shape index (κ3) is 3.68. The molecule has 1 aromatic heterocycles. The van der Waals surface area contributed by atoms with Crippen LogP contribution in [0.15, 0.2) is 70.4 Å². The molecule has 3 aromatic carbocycles. The van der Waals surface area contributed by atoms with Crippen molar-refractivity contribution < 1.29 is 4.79 Å². The van der Waals surface area contributed by atoms with Gasteiger partial charge < -0.3 is 5.32 Å². The second kappa shape index (κ2) is 8.17. The van der Waals surface area contributed by atoms with E-state index in [1.165, 1.54) is 17.1 Å². The lowest BCUT2D eigenvalue weighted by Gasteiger charge is -2.08. The Labute approximate surface area is 173 Å². The zero-order valence-corrected chi connectivity index (χ0v) is 17.3. The van der Waals surface area contributed by atoms with Gasteiger partial charge in [0, 0.05) is 23.7 Å². The molecule has 0 saturated carbocycles. The summed E-state index contributed by atoms with van der Waals surface area (Å²) in [7, 11) is 0. The van der Waals surface area contributed by atoms with Crippen LogP contribution in [0.3, 0.4) is 0 Å². The number of hydrogen-bond acceptors (Lipinski definition) is 3. The van der Waals surface area contributed by atoms with Crippen LogP contribution < -0.4 is 11.0 Å². The van der Waals surface area contributed by atoms with Crippen molar-refractivity contribution in [2.45, 2.75) is 31.8 Å². The smallest absolute Gasteiger partial charge is 0.325 e. The van der Waals surface area contributed by atoms with Crippen LogP contribution in [-0.4, -0.2) is 20.8 Å². The molecule has 29 heavy (non-hydrogen) atoms. The average Bonchev–Trinajstić information content (AvgIpc) is 3.01. The first-order chi connectivity index (χ1) is 14.1. The first kappa shape index (κ1) is 19.3. The Morgan fingerprint density at radius 2 is 1.66 bits per heavy atom. The predicted molar refractivity (Wildman–Crippen MR) is 121 cm³/mol. The number of fused-ring (bicyclic) bond motifs is 2. The first-order valence-electron chi connectivity index (χ1n) is 9.76. The summed E-state index contributed by atoms with van der Waals surface area (Å²) in [6.45, 7) is 5.13. The second-order valence-electron chi connectivity index (χ2n) is 6.79. The fourth-order valence-electron chi connectivity index (χ4n) is 3.67. The molecule has 0 fully saturated rings. The van der Waals surface area contributed by atoms with E-state index in [1.807, 2.05) is 56.3 Å². The van der Waals surface area contributed by atoms with Crippen LogP contribution in [0.5, 0.6) is 0 Å². The minimum absolute atomic E-state index is 0.0139. The largest absolute Gasteiger partial charge is 0.329 e. The molecule has 0 unspecified atom stereocenters. The lowest BCUT2D eigenvalue weighted by molar-refractivity contribution is -0.113. The summed E-state index contributed by atoms with van der Waals surface area (Å²) in [6.07, 6.45) is 0. The molecule has 1 amide bonds. The van der Waals surface area contributed by atoms with E-state index in [4.69, 9.17) is 0 Å². The van der Waals surface area contributed by atoms with Crippen LogP contribution in [0, 0.1) is 0 Å². The fraction of sp³-hybridized carbons (Fsp3) is 0.217. The van der Waals surface area contributed by atoms with E-state index in [9.17, 15) is 9.59 Å². The molecule has 0 saturated heterocycles. The maximum atomic E-state index is 12.5. The summed E-state index contributed by atoms with van der Waals surface area (Å²) in [5.74, 6) is 0.255. The SMILES string of the molecule is CCn1c(=O)n(CC)c2cc(NC(=O)CSc3cccc4ccccc34)ccc21. The Morgan fingerprint density at radius 3 is 2.45 bits per heavy atom. The van der Waals surface area contributed by atoms with Crippen molar-refractivity contribution >= 4 is 45.2 Å². The van der Waals surface area contributed by atoms with Crippen molar-refractivity contribution in [1.82, 2.24) is 9.13 Å². The quantitative estimate of drug-likeness (QED) is 0.472. The van der Waals surface area contributed by atoms with E-state index in [2.05, 4.69) is 23.5 Å². The zero-order chi connectivity index (χ0) is 20.4. The second-order valence-corrected chi connectivity index (χ2v) is 7.81. The number of carbonyl (C=O) groups excluding carboxylic acids is 1. The number of nitrogens with zero attached hydrogens (tertiary/aromatic N) is 2. The number of nitrogens with one attached hydrogen (secondary N) is 1. The van der Waals surface area contributed by atoms with Crippen molar-refractivity contribution in [2.75, 3.05) is 11.1 Å². The van der Waals surface area contributed by atoms with Crippen molar-refractivity contribution in [3.8, 4) is 0 Å². The van der Waals surface area contributed by atoms with E-state index in [0.717, 1.165) is 21.3 Å². The highest BCUT2D eigenvalue weighted by Crippen LogP contribution is 2.28. The Bertz CT molecular complexity index is 1250. The molecule has 0 bridgehead atoms. The van der Waals surface area contributed by atoms with Gasteiger partial charge in [0.2, 0.25) is 5.91 Å². The summed E-state index contributed by atoms with van der Waals surface area (Å²) in [4.78, 5) is 26.1. The number of thioether (sulfide) groups is 1. The molecule has 4 aromatic rings. The molecule has 5 nitrogen and oxygen atoms in total. The van der Waals surface area contributed by atoms with E-state index >= 15 is 0 Å². The lowest BCUT2D eigenvalue weighted by atomic mass is 10.1. The van der Waals surface area contributed by atoms with Crippen LogP contribution in [-0.2, 0) is 17.9 Å². The zero-order valence-electron chi connectivity index (χ0n) is 16.5. The number of imidazole rings is 1. The van der Waals surface area contributed by atoms with Gasteiger partial charge >= 0.3 is 5.69 Å². The van der Waals surface area contributed by atoms with Crippen LogP contribution in [0.4, 0.5) is 5.69 Å². The third-order valence-electron chi connectivity index (χ3n) is 5.04. The molecule has 1 heterocycles. The van der Waals surface area contributed by atoms with E-state index in [-0.39, 0.29) is 11.6 Å². The normalized spacial score (nSPS) is 11.2. The Kier molecular flexibility index (Phi) is 5.45. The van der Waals surface area contributed by atoms with Crippen LogP contribution >= 0.6 is 11.8 Å². The molecule has 0 atom stereocenters. The number of benzene rings is 3. The molecule has 0 aliphatic heterocycles. The highest BCUT2D eigenvalue weighted by atomic mass is 32.2. The summed E-state index contributed by atoms with van der Waals surface area (Å²) in [5.41, 5.74) is 2.43. The summed E-state index contributed by atoms with van der Waals surface area (Å²) in [5, 5.41) is 5.29. The van der Waals surface area contributed by atoms with Crippen molar-refractivity contribution in [3.63, 3.8) is 0 Å². The van der Waals surface area contributed by atoms with Gasteiger partial charge in [-0.05, 0) is 48.9 Å². The standard InChI is InChI=1S/C23H23N3O2S/c1-3-25-19-13-12-17(14-20(19)26(4-2)23(25)28)24-22(27)15-29-21-11-7-9-16-8-5-6-10-18(16)21/h5-14H,3-4,15H2,1-2H3,(H,24,27). The van der Waals surface area contributed by atoms with Crippen LogP contribution in [0.1, 0.15) is 13.8 Å². The minimum atomic E-state index is -0.0670. The molecule has 1 N–H and O–H groups in total. The number of aromatic nitrogens is 2. The number of aryl methyl sites for hydroxylation is 2. The summed E-state index contributed by atoms with van der Waals surface area (Å²) < 4.78 is 3.49. The van der Waals surface area contributed by atoms with E-state index in [1.54, 1.807) is 9.13 Å². The molecule has 0 radical (unpaired) electrons. The lowest BCUT2D eigenvalue weighted by Crippen LogP contribution is -2.23. The van der Waals surface area contributed by atoms with Crippen molar-refractivity contribution in [3.05, 3.63) is 71.1 Å². The topological polar surface area (TPSA) is 56.0 Å². The average molecular weight is 406 g/mol. The minimum Gasteiger partial charge on any atom is -0.325 e. The van der Waals surface area contributed by atoms with E-state index in [0.29, 0.717) is 24.5 Å². The van der Waals surface area contributed by atoms with Gasteiger partial charge in [-0.2, -0.15) is 0 Å². The highest BCUT2D eigenvalue weighted by molar-refractivity contribution is 8.00. The molecule has 148 valence electrons. The van der Waals surface area contributed by atoms with E-state index < -0.39 is 0 Å². The summed E-state index contributed by atoms with van der Waals surface area (Å²) in [6, 6.07) is 19.9. The maximum Gasteiger partial charge on any atom is 0.329 e.